The van der Waals surface area contributed by atoms with E-state index in [1.807, 2.05) is 13.8 Å². The summed E-state index contributed by atoms with van der Waals surface area (Å²) in [5.74, 6) is 5.26. The Kier molecular flexibility index (Phi) is 4.49. The van der Waals surface area contributed by atoms with Crippen LogP contribution in [0.3, 0.4) is 0 Å². The van der Waals surface area contributed by atoms with Gasteiger partial charge in [-0.3, -0.25) is 5.43 Å². The third-order valence-electron chi connectivity index (χ3n) is 2.42. The van der Waals surface area contributed by atoms with Crippen molar-refractivity contribution in [2.75, 3.05) is 5.43 Å². The van der Waals surface area contributed by atoms with E-state index in [1.165, 1.54) is 6.07 Å². The molecule has 0 spiro atoms. The van der Waals surface area contributed by atoms with E-state index in [9.17, 15) is 4.39 Å². The van der Waals surface area contributed by atoms with Gasteiger partial charge in [0.15, 0.2) is 0 Å². The first-order valence-electron chi connectivity index (χ1n) is 6.31. The highest BCUT2D eigenvalue weighted by Gasteiger charge is 2.11. The van der Waals surface area contributed by atoms with Crippen LogP contribution >= 0.6 is 0 Å². The zero-order chi connectivity index (χ0) is 15.4. The molecule has 8 heteroatoms. The molecule has 0 atom stereocenters. The average molecular weight is 293 g/mol. The molecule has 0 saturated heterocycles. The molecule has 21 heavy (non-hydrogen) atoms. The second kappa shape index (κ2) is 6.31. The monoisotopic (exact) mass is 293 g/mol. The number of nitrogens with one attached hydrogen (secondary N) is 1. The van der Waals surface area contributed by atoms with E-state index in [4.69, 9.17) is 15.3 Å². The van der Waals surface area contributed by atoms with E-state index in [-0.39, 0.29) is 35.6 Å². The maximum Gasteiger partial charge on any atom is 0.330 e. The van der Waals surface area contributed by atoms with Crippen LogP contribution < -0.4 is 20.7 Å². The Morgan fingerprint density at radius 1 is 1.19 bits per heavy atom. The lowest BCUT2D eigenvalue weighted by atomic mass is 10.2. The summed E-state index contributed by atoms with van der Waals surface area (Å²) in [6, 6.07) is 4.48. The molecule has 2 aromatic rings. The van der Waals surface area contributed by atoms with Crippen molar-refractivity contribution in [2.24, 2.45) is 5.84 Å². The molecule has 1 heterocycles. The summed E-state index contributed by atoms with van der Waals surface area (Å²) in [5.41, 5.74) is 2.81. The van der Waals surface area contributed by atoms with Gasteiger partial charge >= 0.3 is 12.0 Å². The minimum atomic E-state index is -0.377. The Morgan fingerprint density at radius 3 is 2.52 bits per heavy atom. The molecular formula is C13H16FN5O2. The van der Waals surface area contributed by atoms with Crippen molar-refractivity contribution < 1.29 is 13.9 Å². The molecule has 0 radical (unpaired) electrons. The van der Waals surface area contributed by atoms with Crippen LogP contribution in [0.4, 0.5) is 10.3 Å². The fraction of sp³-hybridized carbons (Fsp3) is 0.308. The third-order valence-corrected chi connectivity index (χ3v) is 2.42. The largest absolute Gasteiger partial charge is 0.461 e. The first-order valence-corrected chi connectivity index (χ1v) is 6.31. The molecule has 1 aromatic carbocycles. The summed E-state index contributed by atoms with van der Waals surface area (Å²) in [4.78, 5) is 11.8. The van der Waals surface area contributed by atoms with Crippen LogP contribution in [0.15, 0.2) is 18.2 Å². The summed E-state index contributed by atoms with van der Waals surface area (Å²) >= 11 is 0. The van der Waals surface area contributed by atoms with Gasteiger partial charge < -0.3 is 9.47 Å². The Balaban J connectivity index is 2.27. The molecule has 1 aromatic heterocycles. The number of aryl methyl sites for hydroxylation is 1. The summed E-state index contributed by atoms with van der Waals surface area (Å²) in [6.07, 6.45) is -0.123. The Labute approximate surface area is 121 Å². The maximum absolute atomic E-state index is 13.5. The molecule has 3 N–H and O–H groups in total. The van der Waals surface area contributed by atoms with Crippen LogP contribution in [-0.2, 0) is 0 Å². The van der Waals surface area contributed by atoms with Crippen molar-refractivity contribution in [3.8, 4) is 17.8 Å². The maximum atomic E-state index is 13.5. The molecule has 0 unspecified atom stereocenters. The molecule has 112 valence electrons. The topological polar surface area (TPSA) is 95.2 Å². The van der Waals surface area contributed by atoms with Gasteiger partial charge in [-0.05, 0) is 32.4 Å². The number of hydrogen-bond acceptors (Lipinski definition) is 7. The standard InChI is InChI=1S/C13H16FN5O2/c1-7(2)20-12-16-11(19-15)17-13(18-12)21-9-5-4-8(3)10(14)6-9/h4-7H,15H2,1-3H3,(H,16,17,18,19). The fourth-order valence-corrected chi connectivity index (χ4v) is 1.45. The highest BCUT2D eigenvalue weighted by atomic mass is 19.1. The number of ether oxygens (including phenoxy) is 2. The lowest BCUT2D eigenvalue weighted by Crippen LogP contribution is -2.15. The number of nitrogen functional groups attached to an aromatic ring is 1. The van der Waals surface area contributed by atoms with E-state index >= 15 is 0 Å². The van der Waals surface area contributed by atoms with Crippen LogP contribution in [-0.4, -0.2) is 21.1 Å². The fourth-order valence-electron chi connectivity index (χ4n) is 1.45. The van der Waals surface area contributed by atoms with Gasteiger partial charge in [-0.1, -0.05) is 6.07 Å². The Bertz CT molecular complexity index is 636. The van der Waals surface area contributed by atoms with Crippen molar-refractivity contribution in [3.05, 3.63) is 29.6 Å². The molecular weight excluding hydrogens is 277 g/mol. The minimum Gasteiger partial charge on any atom is -0.461 e. The summed E-state index contributed by atoms with van der Waals surface area (Å²) in [6.45, 7) is 5.32. The number of nitrogens with two attached hydrogens (primary N) is 1. The van der Waals surface area contributed by atoms with E-state index in [1.54, 1.807) is 19.1 Å². The van der Waals surface area contributed by atoms with Gasteiger partial charge in [0.2, 0.25) is 5.95 Å². The lowest BCUT2D eigenvalue weighted by molar-refractivity contribution is 0.218. The molecule has 7 nitrogen and oxygen atoms in total. The van der Waals surface area contributed by atoms with E-state index in [0.29, 0.717) is 5.56 Å². The minimum absolute atomic E-state index is 0.0446. The van der Waals surface area contributed by atoms with E-state index in [2.05, 4.69) is 20.4 Å². The molecule has 0 aliphatic heterocycles. The van der Waals surface area contributed by atoms with Gasteiger partial charge in [0, 0.05) is 6.07 Å². The highest BCUT2D eigenvalue weighted by Crippen LogP contribution is 2.22. The van der Waals surface area contributed by atoms with Crippen LogP contribution in [0, 0.1) is 12.7 Å². The van der Waals surface area contributed by atoms with Gasteiger partial charge in [0.1, 0.15) is 11.6 Å². The number of anilines is 1. The van der Waals surface area contributed by atoms with Crippen LogP contribution in [0.5, 0.6) is 17.8 Å². The number of rotatable bonds is 5. The van der Waals surface area contributed by atoms with E-state index < -0.39 is 0 Å². The van der Waals surface area contributed by atoms with Crippen LogP contribution in [0.25, 0.3) is 0 Å². The first-order chi connectivity index (χ1) is 9.97. The van der Waals surface area contributed by atoms with Crippen molar-refractivity contribution in [1.82, 2.24) is 15.0 Å². The van der Waals surface area contributed by atoms with Crippen molar-refractivity contribution in [1.29, 1.82) is 0 Å². The molecule has 0 saturated carbocycles. The van der Waals surface area contributed by atoms with Crippen LogP contribution in [0.1, 0.15) is 19.4 Å². The zero-order valence-corrected chi connectivity index (χ0v) is 11.9. The van der Waals surface area contributed by atoms with Gasteiger partial charge in [-0.2, -0.15) is 9.97 Å². The van der Waals surface area contributed by atoms with Crippen molar-refractivity contribution >= 4 is 5.95 Å². The van der Waals surface area contributed by atoms with Gasteiger partial charge in [-0.25, -0.2) is 10.2 Å². The molecule has 0 bridgehead atoms. The quantitative estimate of drug-likeness (QED) is 0.644. The van der Waals surface area contributed by atoms with Gasteiger partial charge in [0.25, 0.3) is 0 Å². The number of hydrogen-bond donors (Lipinski definition) is 2. The summed E-state index contributed by atoms with van der Waals surface area (Å²) in [7, 11) is 0. The Morgan fingerprint density at radius 2 is 1.90 bits per heavy atom. The third kappa shape index (κ3) is 3.99. The van der Waals surface area contributed by atoms with Crippen LogP contribution in [0.2, 0.25) is 0 Å². The molecule has 0 amide bonds. The number of halogens is 1. The highest BCUT2D eigenvalue weighted by molar-refractivity contribution is 5.32. The van der Waals surface area contributed by atoms with Gasteiger partial charge in [-0.15, -0.1) is 4.98 Å². The normalized spacial score (nSPS) is 10.6. The first kappa shape index (κ1) is 14.9. The number of hydrazine groups is 1. The van der Waals surface area contributed by atoms with E-state index in [0.717, 1.165) is 0 Å². The zero-order valence-electron chi connectivity index (χ0n) is 11.9. The lowest BCUT2D eigenvalue weighted by Gasteiger charge is -2.10. The molecule has 0 aliphatic rings. The molecule has 0 aliphatic carbocycles. The summed E-state index contributed by atoms with van der Waals surface area (Å²) < 4.78 is 24.3. The second-order valence-corrected chi connectivity index (χ2v) is 4.55. The smallest absolute Gasteiger partial charge is 0.330 e. The number of aromatic nitrogens is 3. The Hall–Kier alpha value is -2.48. The summed E-state index contributed by atoms with van der Waals surface area (Å²) in [5, 5.41) is 0. The molecule has 2 rings (SSSR count). The SMILES string of the molecule is Cc1ccc(Oc2nc(NN)nc(OC(C)C)n2)cc1F. The average Bonchev–Trinajstić information content (AvgIpc) is 2.42. The molecule has 0 fully saturated rings. The second-order valence-electron chi connectivity index (χ2n) is 4.55. The van der Waals surface area contributed by atoms with Crippen molar-refractivity contribution in [3.63, 3.8) is 0 Å². The predicted molar refractivity (Wildman–Crippen MR) is 74.6 cm³/mol. The number of benzene rings is 1. The van der Waals surface area contributed by atoms with Gasteiger partial charge in [0.05, 0.1) is 6.10 Å². The number of nitrogens with zero attached hydrogens (tertiary/aromatic N) is 3. The predicted octanol–water partition coefficient (Wildman–Crippen LogP) is 2.18. The van der Waals surface area contributed by atoms with Crippen molar-refractivity contribution in [2.45, 2.75) is 26.9 Å².